The second kappa shape index (κ2) is 4.81. The van der Waals surface area contributed by atoms with Crippen molar-refractivity contribution in [2.24, 2.45) is 0 Å². The molecule has 3 aliphatic rings. The van der Waals surface area contributed by atoms with E-state index < -0.39 is 0 Å². The van der Waals surface area contributed by atoms with E-state index in [4.69, 9.17) is 9.84 Å². The molecule has 21 heavy (non-hydrogen) atoms. The van der Waals surface area contributed by atoms with Crippen molar-refractivity contribution in [2.75, 3.05) is 19.8 Å². The first-order chi connectivity index (χ1) is 10.2. The number of aromatic nitrogens is 2. The highest BCUT2D eigenvalue weighted by Crippen LogP contribution is 2.36. The number of amides is 1. The maximum absolute atomic E-state index is 12.2. The first-order valence-electron chi connectivity index (χ1n) is 7.91. The summed E-state index contributed by atoms with van der Waals surface area (Å²) >= 11 is 0. The smallest absolute Gasteiger partial charge is 0.241 e. The van der Waals surface area contributed by atoms with Crippen molar-refractivity contribution in [3.63, 3.8) is 0 Å². The molecule has 2 unspecified atom stereocenters. The van der Waals surface area contributed by atoms with Gasteiger partial charge in [-0.25, -0.2) is 0 Å². The number of nitrogens with one attached hydrogen (secondary N) is 1. The number of carbonyl (C=O) groups is 1. The molecule has 1 aromatic heterocycles. The Hall–Kier alpha value is -1.40. The summed E-state index contributed by atoms with van der Waals surface area (Å²) in [5, 5.41) is 7.97. The van der Waals surface area contributed by atoms with Gasteiger partial charge in [-0.05, 0) is 33.1 Å². The zero-order valence-electron chi connectivity index (χ0n) is 12.6. The highest BCUT2D eigenvalue weighted by atomic mass is 16.5. The van der Waals surface area contributed by atoms with Gasteiger partial charge in [0.25, 0.3) is 0 Å². The number of ether oxygens (including phenoxy) is 1. The van der Waals surface area contributed by atoms with Gasteiger partial charge < -0.3 is 10.1 Å². The summed E-state index contributed by atoms with van der Waals surface area (Å²) in [6, 6.07) is 0.166. The molecule has 2 aliphatic heterocycles. The lowest BCUT2D eigenvalue weighted by Gasteiger charge is -2.32. The van der Waals surface area contributed by atoms with Crippen molar-refractivity contribution < 1.29 is 9.53 Å². The minimum Gasteiger partial charge on any atom is -0.378 e. The van der Waals surface area contributed by atoms with E-state index in [1.54, 1.807) is 0 Å². The van der Waals surface area contributed by atoms with Gasteiger partial charge in [-0.2, -0.15) is 5.10 Å². The monoisotopic (exact) mass is 290 g/mol. The third-order valence-electron chi connectivity index (χ3n) is 4.80. The van der Waals surface area contributed by atoms with E-state index in [9.17, 15) is 4.79 Å². The molecule has 1 N–H and O–H groups in total. The van der Waals surface area contributed by atoms with Gasteiger partial charge in [0, 0.05) is 18.2 Å². The molecule has 114 valence electrons. The number of hydrogen-bond acceptors (Lipinski definition) is 4. The Bertz CT molecular complexity index is 580. The lowest BCUT2D eigenvalue weighted by molar-refractivity contribution is -0.125. The molecule has 6 nitrogen and oxygen atoms in total. The lowest BCUT2D eigenvalue weighted by atomic mass is 10.1. The van der Waals surface area contributed by atoms with Crippen molar-refractivity contribution in [1.29, 1.82) is 0 Å². The van der Waals surface area contributed by atoms with E-state index in [0.717, 1.165) is 19.4 Å². The van der Waals surface area contributed by atoms with Gasteiger partial charge in [0.1, 0.15) is 12.2 Å². The second-order valence-electron chi connectivity index (χ2n) is 6.44. The van der Waals surface area contributed by atoms with Gasteiger partial charge in [-0.1, -0.05) is 0 Å². The van der Waals surface area contributed by atoms with E-state index >= 15 is 0 Å². The predicted octanol–water partition coefficient (Wildman–Crippen LogP) is 0.782. The molecule has 0 spiro atoms. The van der Waals surface area contributed by atoms with Crippen LogP contribution in [0, 0.1) is 0 Å². The Morgan fingerprint density at radius 3 is 3.05 bits per heavy atom. The Kier molecular flexibility index (Phi) is 3.04. The maximum atomic E-state index is 12.2. The number of nitrogens with zero attached hydrogens (tertiary/aromatic N) is 3. The fourth-order valence-electron chi connectivity index (χ4n) is 3.81. The van der Waals surface area contributed by atoms with Gasteiger partial charge in [-0.3, -0.25) is 14.4 Å². The van der Waals surface area contributed by atoms with Crippen molar-refractivity contribution in [3.05, 3.63) is 17.0 Å². The van der Waals surface area contributed by atoms with Crippen LogP contribution in [0.15, 0.2) is 0 Å². The summed E-state index contributed by atoms with van der Waals surface area (Å²) in [5.41, 5.74) is 3.79. The number of hydrogen-bond donors (Lipinski definition) is 1. The van der Waals surface area contributed by atoms with Gasteiger partial charge >= 0.3 is 0 Å². The van der Waals surface area contributed by atoms with E-state index in [1.807, 2.05) is 0 Å². The highest BCUT2D eigenvalue weighted by molar-refractivity contribution is 5.84. The molecule has 0 bridgehead atoms. The molecule has 1 aromatic rings. The quantitative estimate of drug-likeness (QED) is 0.874. The van der Waals surface area contributed by atoms with E-state index in [1.165, 1.54) is 23.4 Å². The van der Waals surface area contributed by atoms with Gasteiger partial charge in [0.15, 0.2) is 0 Å². The highest BCUT2D eigenvalue weighted by Gasteiger charge is 2.45. The summed E-state index contributed by atoms with van der Waals surface area (Å²) < 4.78 is 7.58. The molecule has 2 saturated heterocycles. The van der Waals surface area contributed by atoms with Crippen LogP contribution in [-0.2, 0) is 22.4 Å². The number of fused-ring (bicyclic) bond motifs is 2. The number of rotatable bonds is 2. The van der Waals surface area contributed by atoms with Crippen LogP contribution in [0.1, 0.15) is 49.4 Å². The minimum atomic E-state index is -0.142. The average Bonchev–Trinajstić information content (AvgIpc) is 3.12. The standard InChI is InChI=1S/C15H22N4O2/c1-9(2)19-13(10-4-3-5-11(10)17-19)14-16-15(20)12-8-21-7-6-18(12)14/h9,12,14H,3-8H2,1-2H3,(H,16,20). The van der Waals surface area contributed by atoms with Crippen molar-refractivity contribution >= 4 is 5.91 Å². The molecule has 2 fully saturated rings. The van der Waals surface area contributed by atoms with E-state index in [-0.39, 0.29) is 18.1 Å². The maximum Gasteiger partial charge on any atom is 0.241 e. The summed E-state index contributed by atoms with van der Waals surface area (Å²) in [6.07, 6.45) is 3.29. The second-order valence-corrected chi connectivity index (χ2v) is 6.44. The molecule has 1 amide bonds. The molecule has 2 atom stereocenters. The van der Waals surface area contributed by atoms with Crippen LogP contribution in [0.25, 0.3) is 0 Å². The fourth-order valence-corrected chi connectivity index (χ4v) is 3.81. The lowest BCUT2D eigenvalue weighted by Crippen LogP contribution is -2.45. The van der Waals surface area contributed by atoms with Crippen LogP contribution in [0.3, 0.4) is 0 Å². The zero-order valence-corrected chi connectivity index (χ0v) is 12.6. The number of carbonyl (C=O) groups excluding carboxylic acids is 1. The largest absolute Gasteiger partial charge is 0.378 e. The predicted molar refractivity (Wildman–Crippen MR) is 76.8 cm³/mol. The van der Waals surface area contributed by atoms with Crippen molar-refractivity contribution in [1.82, 2.24) is 20.0 Å². The normalized spacial score (nSPS) is 28.8. The first kappa shape index (κ1) is 13.3. The molecule has 6 heteroatoms. The summed E-state index contributed by atoms with van der Waals surface area (Å²) in [5.74, 6) is 0.0861. The average molecular weight is 290 g/mol. The molecule has 1 aliphatic carbocycles. The van der Waals surface area contributed by atoms with Crippen LogP contribution >= 0.6 is 0 Å². The first-order valence-corrected chi connectivity index (χ1v) is 7.91. The summed E-state index contributed by atoms with van der Waals surface area (Å²) in [7, 11) is 0. The molecule has 0 aromatic carbocycles. The van der Waals surface area contributed by atoms with Crippen LogP contribution in [0.2, 0.25) is 0 Å². The van der Waals surface area contributed by atoms with Gasteiger partial charge in [0.05, 0.1) is 24.6 Å². The molecular formula is C15H22N4O2. The molecule has 0 saturated carbocycles. The molecule has 3 heterocycles. The van der Waals surface area contributed by atoms with Gasteiger partial charge in [-0.15, -0.1) is 0 Å². The Labute approximate surface area is 124 Å². The molecule has 4 rings (SSSR count). The van der Waals surface area contributed by atoms with Crippen LogP contribution in [0.5, 0.6) is 0 Å². The van der Waals surface area contributed by atoms with Crippen molar-refractivity contribution in [2.45, 2.75) is 51.4 Å². The SMILES string of the molecule is CC(C)n1nc2c(c1C1NC(=O)C3COCCN31)CCC2. The third kappa shape index (κ3) is 1.92. The summed E-state index contributed by atoms with van der Waals surface area (Å²) in [6.45, 7) is 6.30. The van der Waals surface area contributed by atoms with E-state index in [2.05, 4.69) is 28.7 Å². The topological polar surface area (TPSA) is 59.4 Å². The van der Waals surface area contributed by atoms with Gasteiger partial charge in [0.2, 0.25) is 5.91 Å². The van der Waals surface area contributed by atoms with E-state index in [0.29, 0.717) is 19.3 Å². The van der Waals surface area contributed by atoms with Crippen LogP contribution in [0.4, 0.5) is 0 Å². The Morgan fingerprint density at radius 2 is 2.24 bits per heavy atom. The zero-order chi connectivity index (χ0) is 14.6. The molecule has 0 radical (unpaired) electrons. The summed E-state index contributed by atoms with van der Waals surface area (Å²) in [4.78, 5) is 14.5. The van der Waals surface area contributed by atoms with Crippen molar-refractivity contribution in [3.8, 4) is 0 Å². The third-order valence-corrected chi connectivity index (χ3v) is 4.80. The Balaban J connectivity index is 1.77. The minimum absolute atomic E-state index is 0.0388. The van der Waals surface area contributed by atoms with Crippen LogP contribution in [-0.4, -0.2) is 46.4 Å². The number of aryl methyl sites for hydroxylation is 1. The number of morpholine rings is 1. The Morgan fingerprint density at radius 1 is 1.38 bits per heavy atom. The fraction of sp³-hybridized carbons (Fsp3) is 0.733. The molecular weight excluding hydrogens is 268 g/mol. The van der Waals surface area contributed by atoms with Crippen LogP contribution < -0.4 is 5.32 Å².